The Balaban J connectivity index is 2.82. The van der Waals surface area contributed by atoms with Crippen LogP contribution in [0, 0.1) is 13.8 Å². The number of hydrogen-bond donors (Lipinski definition) is 2. The summed E-state index contributed by atoms with van der Waals surface area (Å²) in [5.74, 6) is -0.0273. The zero-order chi connectivity index (χ0) is 13.0. The van der Waals surface area contributed by atoms with Crippen LogP contribution in [0.15, 0.2) is 12.1 Å². The first-order chi connectivity index (χ1) is 7.95. The van der Waals surface area contributed by atoms with Crippen LogP contribution in [-0.4, -0.2) is 17.7 Å². The van der Waals surface area contributed by atoms with Crippen molar-refractivity contribution < 1.29 is 14.6 Å². The number of aryl methyl sites for hydroxylation is 2. The fourth-order valence-electron chi connectivity index (χ4n) is 1.72. The molecule has 0 amide bonds. The third kappa shape index (κ3) is 3.46. The van der Waals surface area contributed by atoms with Gasteiger partial charge in [-0.25, -0.2) is 0 Å². The first-order valence-corrected chi connectivity index (χ1v) is 5.67. The van der Waals surface area contributed by atoms with Crippen LogP contribution in [0.3, 0.4) is 0 Å². The topological polar surface area (TPSA) is 72.5 Å². The second-order valence-electron chi connectivity index (χ2n) is 4.12. The van der Waals surface area contributed by atoms with Crippen molar-refractivity contribution in [3.05, 3.63) is 28.8 Å². The molecule has 0 saturated heterocycles. The Hall–Kier alpha value is -1.55. The van der Waals surface area contributed by atoms with Crippen LogP contribution >= 0.6 is 0 Å². The molecule has 1 aromatic carbocycles. The maximum absolute atomic E-state index is 11.3. The van der Waals surface area contributed by atoms with Crippen molar-refractivity contribution in [3.63, 3.8) is 0 Å². The second kappa shape index (κ2) is 5.68. The molecule has 0 aliphatic rings. The van der Waals surface area contributed by atoms with Crippen LogP contribution < -0.4 is 5.73 Å². The summed E-state index contributed by atoms with van der Waals surface area (Å²) in [5, 5.41) is 9.65. The van der Waals surface area contributed by atoms with E-state index >= 15 is 0 Å². The second-order valence-corrected chi connectivity index (χ2v) is 4.12. The van der Waals surface area contributed by atoms with Crippen LogP contribution in [-0.2, 0) is 9.53 Å². The van der Waals surface area contributed by atoms with Crippen LogP contribution in [0.5, 0.6) is 5.75 Å². The van der Waals surface area contributed by atoms with Crippen LogP contribution in [0.1, 0.15) is 36.1 Å². The number of hydrogen-bond acceptors (Lipinski definition) is 4. The van der Waals surface area contributed by atoms with E-state index in [-0.39, 0.29) is 18.1 Å². The van der Waals surface area contributed by atoms with Gasteiger partial charge >= 0.3 is 5.97 Å². The van der Waals surface area contributed by atoms with Gasteiger partial charge in [-0.1, -0.05) is 12.1 Å². The van der Waals surface area contributed by atoms with Gasteiger partial charge in [0.25, 0.3) is 0 Å². The van der Waals surface area contributed by atoms with E-state index in [1.54, 1.807) is 19.1 Å². The van der Waals surface area contributed by atoms with Crippen LogP contribution in [0.4, 0.5) is 0 Å². The van der Waals surface area contributed by atoms with Gasteiger partial charge in [-0.05, 0) is 37.5 Å². The largest absolute Gasteiger partial charge is 0.507 e. The summed E-state index contributed by atoms with van der Waals surface area (Å²) < 4.78 is 4.85. The highest BCUT2D eigenvalue weighted by atomic mass is 16.5. The Morgan fingerprint density at radius 1 is 1.41 bits per heavy atom. The summed E-state index contributed by atoms with van der Waals surface area (Å²) >= 11 is 0. The summed E-state index contributed by atoms with van der Waals surface area (Å²) in [7, 11) is 0. The zero-order valence-corrected chi connectivity index (χ0v) is 10.5. The predicted octanol–water partition coefficient (Wildman–Crippen LogP) is 1.96. The maximum Gasteiger partial charge on any atom is 0.307 e. The molecule has 0 bridgehead atoms. The van der Waals surface area contributed by atoms with Crippen molar-refractivity contribution in [2.24, 2.45) is 5.73 Å². The molecule has 17 heavy (non-hydrogen) atoms. The molecule has 0 aromatic heterocycles. The maximum atomic E-state index is 11.3. The van der Waals surface area contributed by atoms with E-state index in [2.05, 4.69) is 0 Å². The van der Waals surface area contributed by atoms with Gasteiger partial charge in [0, 0.05) is 6.04 Å². The van der Waals surface area contributed by atoms with Crippen LogP contribution in [0.2, 0.25) is 0 Å². The van der Waals surface area contributed by atoms with Gasteiger partial charge in [-0.2, -0.15) is 0 Å². The molecule has 4 nitrogen and oxygen atoms in total. The lowest BCUT2D eigenvalue weighted by Gasteiger charge is -2.14. The minimum absolute atomic E-state index is 0.150. The molecular formula is C13H19NO3. The number of esters is 1. The van der Waals surface area contributed by atoms with E-state index in [1.807, 2.05) is 13.8 Å². The molecule has 1 rings (SSSR count). The van der Waals surface area contributed by atoms with Crippen molar-refractivity contribution in [2.75, 3.05) is 6.61 Å². The Labute approximate surface area is 101 Å². The first-order valence-electron chi connectivity index (χ1n) is 5.67. The van der Waals surface area contributed by atoms with Gasteiger partial charge in [-0.3, -0.25) is 4.79 Å². The molecule has 0 unspecified atom stereocenters. The minimum Gasteiger partial charge on any atom is -0.507 e. The molecule has 0 radical (unpaired) electrons. The number of nitrogens with two attached hydrogens (primary N) is 1. The molecular weight excluding hydrogens is 218 g/mol. The van der Waals surface area contributed by atoms with Gasteiger partial charge in [0.2, 0.25) is 0 Å². The van der Waals surface area contributed by atoms with Gasteiger partial charge in [0.15, 0.2) is 0 Å². The summed E-state index contributed by atoms with van der Waals surface area (Å²) in [6.07, 6.45) is 0.150. The van der Waals surface area contributed by atoms with E-state index in [4.69, 9.17) is 10.5 Å². The number of rotatable bonds is 4. The Morgan fingerprint density at radius 3 is 2.41 bits per heavy atom. The molecule has 0 heterocycles. The lowest BCUT2D eigenvalue weighted by Crippen LogP contribution is -2.17. The summed E-state index contributed by atoms with van der Waals surface area (Å²) in [6.45, 7) is 5.74. The van der Waals surface area contributed by atoms with Crippen molar-refractivity contribution in [1.82, 2.24) is 0 Å². The lowest BCUT2D eigenvalue weighted by atomic mass is 9.99. The molecule has 3 N–H and O–H groups in total. The minimum atomic E-state index is -0.396. The molecule has 4 heteroatoms. The van der Waals surface area contributed by atoms with Gasteiger partial charge in [-0.15, -0.1) is 0 Å². The molecule has 0 spiro atoms. The lowest BCUT2D eigenvalue weighted by molar-refractivity contribution is -0.143. The summed E-state index contributed by atoms with van der Waals surface area (Å²) in [4.78, 5) is 11.3. The Bertz CT molecular complexity index is 392. The van der Waals surface area contributed by atoms with Crippen molar-refractivity contribution in [2.45, 2.75) is 33.2 Å². The van der Waals surface area contributed by atoms with Crippen molar-refractivity contribution >= 4 is 5.97 Å². The molecule has 0 aliphatic heterocycles. The number of benzene rings is 1. The third-order valence-corrected chi connectivity index (χ3v) is 2.63. The third-order valence-electron chi connectivity index (χ3n) is 2.63. The normalized spacial score (nSPS) is 12.2. The molecule has 1 aromatic rings. The number of carbonyl (C=O) groups excluding carboxylic acids is 1. The molecule has 0 fully saturated rings. The van der Waals surface area contributed by atoms with Gasteiger partial charge < -0.3 is 15.6 Å². The van der Waals surface area contributed by atoms with E-state index in [0.29, 0.717) is 6.61 Å². The van der Waals surface area contributed by atoms with Crippen molar-refractivity contribution in [3.8, 4) is 5.75 Å². The monoisotopic (exact) mass is 237 g/mol. The summed E-state index contributed by atoms with van der Waals surface area (Å²) in [6, 6.07) is 3.20. The first kappa shape index (κ1) is 13.5. The fourth-order valence-corrected chi connectivity index (χ4v) is 1.72. The number of phenolic OH excluding ortho intramolecular Hbond substituents is 1. The highest BCUT2D eigenvalue weighted by Gasteiger charge is 2.14. The average Bonchev–Trinajstić information content (AvgIpc) is 2.25. The predicted molar refractivity (Wildman–Crippen MR) is 65.8 cm³/mol. The van der Waals surface area contributed by atoms with E-state index in [1.165, 1.54) is 0 Å². The highest BCUT2D eigenvalue weighted by molar-refractivity contribution is 5.70. The number of ether oxygens (including phenoxy) is 1. The van der Waals surface area contributed by atoms with Crippen molar-refractivity contribution in [1.29, 1.82) is 0 Å². The van der Waals surface area contributed by atoms with E-state index in [9.17, 15) is 9.90 Å². The quantitative estimate of drug-likeness (QED) is 0.785. The smallest absolute Gasteiger partial charge is 0.307 e. The fraction of sp³-hybridized carbons (Fsp3) is 0.462. The van der Waals surface area contributed by atoms with E-state index < -0.39 is 6.04 Å². The molecule has 1 atom stereocenters. The van der Waals surface area contributed by atoms with Crippen LogP contribution in [0.25, 0.3) is 0 Å². The number of phenols is 1. The highest BCUT2D eigenvalue weighted by Crippen LogP contribution is 2.26. The standard InChI is InChI=1S/C13H19NO3/c1-4-17-12(15)7-11(14)10-5-8(2)13(16)9(3)6-10/h5-6,11,16H,4,7,14H2,1-3H3/t11-/m1/s1. The molecule has 94 valence electrons. The number of aromatic hydroxyl groups is 1. The average molecular weight is 237 g/mol. The Morgan fingerprint density at radius 2 is 1.94 bits per heavy atom. The van der Waals surface area contributed by atoms with Gasteiger partial charge in [0.05, 0.1) is 13.0 Å². The molecule has 0 saturated carbocycles. The number of carbonyl (C=O) groups is 1. The molecule has 0 aliphatic carbocycles. The SMILES string of the molecule is CCOC(=O)C[C@@H](N)c1cc(C)c(O)c(C)c1. The Kier molecular flexibility index (Phi) is 4.52. The van der Waals surface area contributed by atoms with E-state index in [0.717, 1.165) is 16.7 Å². The zero-order valence-electron chi connectivity index (χ0n) is 10.5. The van der Waals surface area contributed by atoms with Gasteiger partial charge in [0.1, 0.15) is 5.75 Å². The summed E-state index contributed by atoms with van der Waals surface area (Å²) in [5.41, 5.74) is 8.30.